The van der Waals surface area contributed by atoms with Crippen molar-refractivity contribution in [1.29, 1.82) is 0 Å². The maximum absolute atomic E-state index is 13.4. The van der Waals surface area contributed by atoms with Gasteiger partial charge in [-0.1, -0.05) is 19.1 Å². The van der Waals surface area contributed by atoms with Crippen LogP contribution in [0.3, 0.4) is 0 Å². The number of hydrogen-bond acceptors (Lipinski definition) is 1. The van der Waals surface area contributed by atoms with Gasteiger partial charge in [0, 0.05) is 11.1 Å². The van der Waals surface area contributed by atoms with Crippen LogP contribution in [-0.4, -0.2) is 5.78 Å². The Bertz CT molecular complexity index is 854. The van der Waals surface area contributed by atoms with Crippen molar-refractivity contribution < 1.29 is 22.4 Å². The Morgan fingerprint density at radius 1 is 0.769 bits per heavy atom. The van der Waals surface area contributed by atoms with Gasteiger partial charge < -0.3 is 0 Å². The summed E-state index contributed by atoms with van der Waals surface area (Å²) in [5, 5.41) is 0. The van der Waals surface area contributed by atoms with Gasteiger partial charge in [-0.25, -0.2) is 17.6 Å². The molecule has 0 aromatic heterocycles. The Morgan fingerprint density at radius 2 is 1.19 bits per heavy atom. The Labute approximate surface area is 148 Å². The smallest absolute Gasteiger partial charge is 0.185 e. The molecule has 5 heteroatoms. The van der Waals surface area contributed by atoms with Crippen LogP contribution in [0, 0.1) is 29.2 Å². The van der Waals surface area contributed by atoms with Crippen molar-refractivity contribution in [2.45, 2.75) is 19.8 Å². The monoisotopic (exact) mass is 360 g/mol. The first-order chi connectivity index (χ1) is 12.3. The van der Waals surface area contributed by atoms with Crippen LogP contribution in [0.25, 0.3) is 12.2 Å². The first-order valence-corrected chi connectivity index (χ1v) is 8.19. The van der Waals surface area contributed by atoms with E-state index in [1.54, 1.807) is 12.2 Å². The number of carbonyl (C=O) groups excluding carboxylic acids is 1. The number of carbonyl (C=O) groups is 1. The lowest BCUT2D eigenvalue weighted by atomic mass is 9.81. The number of allylic oxidation sites excluding steroid dienone is 2. The van der Waals surface area contributed by atoms with Crippen LogP contribution >= 0.6 is 0 Å². The highest BCUT2D eigenvalue weighted by Crippen LogP contribution is 2.32. The van der Waals surface area contributed by atoms with Crippen molar-refractivity contribution in [2.24, 2.45) is 5.92 Å². The number of hydrogen-bond donors (Lipinski definition) is 0. The fraction of sp³-hybridized carbons (Fsp3) is 0.190. The number of ketones is 1. The van der Waals surface area contributed by atoms with E-state index in [1.807, 2.05) is 6.92 Å². The zero-order valence-electron chi connectivity index (χ0n) is 14.0. The van der Waals surface area contributed by atoms with Crippen LogP contribution in [0.4, 0.5) is 17.6 Å². The molecular formula is C21H16F4O. The Hall–Kier alpha value is -2.69. The van der Waals surface area contributed by atoms with E-state index in [2.05, 4.69) is 0 Å². The molecule has 0 radical (unpaired) electrons. The summed E-state index contributed by atoms with van der Waals surface area (Å²) in [5.41, 5.74) is 1.74. The number of rotatable bonds is 2. The van der Waals surface area contributed by atoms with Gasteiger partial charge in [-0.05, 0) is 66.3 Å². The standard InChI is InChI=1S/C21H16F4O/c1-12-6-15(8-13-2-4-17(22)19(24)10-13)21(26)16(7-12)9-14-3-5-18(23)20(25)11-14/h2-5,8-12H,6-7H2,1H3/b15-8+,16-9+. The van der Waals surface area contributed by atoms with Gasteiger partial charge >= 0.3 is 0 Å². The van der Waals surface area contributed by atoms with Crippen LogP contribution < -0.4 is 0 Å². The Balaban J connectivity index is 1.94. The third-order valence-electron chi connectivity index (χ3n) is 4.29. The van der Waals surface area contributed by atoms with E-state index in [4.69, 9.17) is 0 Å². The predicted octanol–water partition coefficient (Wildman–Crippen LogP) is 5.71. The average molecular weight is 360 g/mol. The molecule has 1 nitrogen and oxygen atoms in total. The van der Waals surface area contributed by atoms with Gasteiger partial charge in [0.05, 0.1) is 0 Å². The quantitative estimate of drug-likeness (QED) is 0.495. The molecule has 134 valence electrons. The molecule has 0 unspecified atom stereocenters. The third-order valence-corrected chi connectivity index (χ3v) is 4.29. The van der Waals surface area contributed by atoms with Crippen LogP contribution in [-0.2, 0) is 4.79 Å². The highest BCUT2D eigenvalue weighted by molar-refractivity contribution is 6.14. The Kier molecular flexibility index (Phi) is 5.07. The van der Waals surface area contributed by atoms with Crippen molar-refractivity contribution in [3.63, 3.8) is 0 Å². The lowest BCUT2D eigenvalue weighted by Gasteiger charge is -2.22. The minimum atomic E-state index is -0.979. The lowest BCUT2D eigenvalue weighted by molar-refractivity contribution is -0.113. The third kappa shape index (κ3) is 3.93. The highest BCUT2D eigenvalue weighted by atomic mass is 19.2. The summed E-state index contributed by atoms with van der Waals surface area (Å²) in [7, 11) is 0. The van der Waals surface area contributed by atoms with Gasteiger partial charge in [0.1, 0.15) is 0 Å². The minimum Gasteiger partial charge on any atom is -0.289 e. The van der Waals surface area contributed by atoms with Crippen molar-refractivity contribution in [2.75, 3.05) is 0 Å². The molecule has 1 saturated carbocycles. The van der Waals surface area contributed by atoms with E-state index in [0.29, 0.717) is 35.1 Å². The van der Waals surface area contributed by atoms with Crippen LogP contribution in [0.2, 0.25) is 0 Å². The van der Waals surface area contributed by atoms with E-state index in [1.165, 1.54) is 12.1 Å². The first kappa shape index (κ1) is 18.1. The maximum Gasteiger partial charge on any atom is 0.185 e. The van der Waals surface area contributed by atoms with Crippen molar-refractivity contribution >= 4 is 17.9 Å². The van der Waals surface area contributed by atoms with Gasteiger partial charge in [-0.3, -0.25) is 4.79 Å². The molecule has 0 atom stereocenters. The second-order valence-corrected chi connectivity index (χ2v) is 6.53. The zero-order chi connectivity index (χ0) is 18.8. The maximum atomic E-state index is 13.4. The van der Waals surface area contributed by atoms with Crippen LogP contribution in [0.1, 0.15) is 30.9 Å². The predicted molar refractivity (Wildman–Crippen MR) is 92.1 cm³/mol. The Morgan fingerprint density at radius 3 is 1.58 bits per heavy atom. The number of Topliss-reactive ketones (excluding diaryl/α,β-unsaturated/α-hetero) is 1. The number of halogens is 4. The largest absolute Gasteiger partial charge is 0.289 e. The van der Waals surface area contributed by atoms with Gasteiger partial charge in [0.25, 0.3) is 0 Å². The summed E-state index contributed by atoms with van der Waals surface area (Å²) < 4.78 is 52.9. The minimum absolute atomic E-state index is 0.154. The second kappa shape index (κ2) is 7.28. The van der Waals surface area contributed by atoms with Crippen molar-refractivity contribution in [3.05, 3.63) is 81.9 Å². The van der Waals surface area contributed by atoms with Gasteiger partial charge in [-0.2, -0.15) is 0 Å². The lowest BCUT2D eigenvalue weighted by Crippen LogP contribution is -2.18. The second-order valence-electron chi connectivity index (χ2n) is 6.53. The topological polar surface area (TPSA) is 17.1 Å². The van der Waals surface area contributed by atoms with E-state index >= 15 is 0 Å². The van der Waals surface area contributed by atoms with Crippen LogP contribution in [0.5, 0.6) is 0 Å². The normalized spacial score (nSPS) is 20.8. The summed E-state index contributed by atoms with van der Waals surface area (Å²) in [5.74, 6) is -3.93. The zero-order valence-corrected chi connectivity index (χ0v) is 14.0. The molecule has 0 saturated heterocycles. The molecule has 1 aliphatic carbocycles. The summed E-state index contributed by atoms with van der Waals surface area (Å²) >= 11 is 0. The fourth-order valence-electron chi connectivity index (χ4n) is 3.07. The summed E-state index contributed by atoms with van der Waals surface area (Å²) in [4.78, 5) is 12.7. The van der Waals surface area contributed by atoms with Gasteiger partial charge in [0.2, 0.25) is 0 Å². The molecule has 0 spiro atoms. The number of benzene rings is 2. The molecule has 2 aromatic rings. The molecule has 0 aliphatic heterocycles. The van der Waals surface area contributed by atoms with E-state index < -0.39 is 23.3 Å². The highest BCUT2D eigenvalue weighted by Gasteiger charge is 2.25. The van der Waals surface area contributed by atoms with E-state index in [0.717, 1.165) is 24.3 Å². The summed E-state index contributed by atoms with van der Waals surface area (Å²) in [6.45, 7) is 1.96. The average Bonchev–Trinajstić information content (AvgIpc) is 2.58. The fourth-order valence-corrected chi connectivity index (χ4v) is 3.07. The van der Waals surface area contributed by atoms with Crippen molar-refractivity contribution in [3.8, 4) is 0 Å². The summed E-state index contributed by atoms with van der Waals surface area (Å²) in [6, 6.07) is 6.89. The molecule has 26 heavy (non-hydrogen) atoms. The molecule has 2 aromatic carbocycles. The van der Waals surface area contributed by atoms with Crippen molar-refractivity contribution in [1.82, 2.24) is 0 Å². The molecule has 1 aliphatic rings. The molecule has 0 heterocycles. The van der Waals surface area contributed by atoms with E-state index in [9.17, 15) is 22.4 Å². The SMILES string of the molecule is CC1C/C(=C\c2ccc(F)c(F)c2)C(=O)/C(=C/c2ccc(F)c(F)c2)C1. The first-order valence-electron chi connectivity index (χ1n) is 8.19. The van der Waals surface area contributed by atoms with Gasteiger partial charge in [-0.15, -0.1) is 0 Å². The molecule has 1 fully saturated rings. The van der Waals surface area contributed by atoms with Gasteiger partial charge in [0.15, 0.2) is 29.1 Å². The molecule has 0 amide bonds. The van der Waals surface area contributed by atoms with Crippen LogP contribution in [0.15, 0.2) is 47.5 Å². The molecule has 0 N–H and O–H groups in total. The summed E-state index contributed by atoms with van der Waals surface area (Å²) in [6.07, 6.45) is 4.10. The molecule has 3 rings (SSSR count). The van der Waals surface area contributed by atoms with E-state index in [-0.39, 0.29) is 11.7 Å². The molecular weight excluding hydrogens is 344 g/mol. The molecule has 0 bridgehead atoms.